The Labute approximate surface area is 178 Å². The van der Waals surface area contributed by atoms with Crippen LogP contribution in [0, 0.1) is 11.7 Å². The zero-order valence-electron chi connectivity index (χ0n) is 17.2. The molecule has 0 saturated heterocycles. The first kappa shape index (κ1) is 20.5. The summed E-state index contributed by atoms with van der Waals surface area (Å²) in [4.78, 5) is 24.9. The molecule has 1 heterocycles. The molecule has 0 aliphatic rings. The van der Waals surface area contributed by atoms with E-state index in [1.165, 1.54) is 36.1 Å². The lowest BCUT2D eigenvalue weighted by atomic mass is 9.97. The Kier molecular flexibility index (Phi) is 5.62. The number of carbonyl (C=O) groups is 1. The zero-order chi connectivity index (χ0) is 22.0. The fraction of sp³-hybridized carbons (Fsp3) is 0.160. The molecule has 0 fully saturated rings. The molecule has 156 valence electrons. The maximum Gasteiger partial charge on any atom is 0.308 e. The van der Waals surface area contributed by atoms with Gasteiger partial charge in [-0.05, 0) is 48.4 Å². The van der Waals surface area contributed by atoms with Crippen molar-refractivity contribution in [3.05, 3.63) is 94.5 Å². The lowest BCUT2D eigenvalue weighted by Gasteiger charge is -2.13. The van der Waals surface area contributed by atoms with Crippen LogP contribution in [0.25, 0.3) is 27.7 Å². The van der Waals surface area contributed by atoms with Gasteiger partial charge in [0.2, 0.25) is 0 Å². The van der Waals surface area contributed by atoms with Crippen molar-refractivity contribution in [1.29, 1.82) is 0 Å². The van der Waals surface area contributed by atoms with Crippen molar-refractivity contribution in [2.75, 3.05) is 7.11 Å². The average Bonchev–Trinajstić information content (AvgIpc) is 2.80. The van der Waals surface area contributed by atoms with E-state index in [-0.39, 0.29) is 23.3 Å². The first-order chi connectivity index (χ1) is 15.0. The number of fused-ring (bicyclic) bond motifs is 1. The number of aromatic nitrogens is 2. The van der Waals surface area contributed by atoms with Gasteiger partial charge >= 0.3 is 5.97 Å². The predicted octanol–water partition coefficient (Wildman–Crippen LogP) is 4.54. The minimum Gasteiger partial charge on any atom is -0.469 e. The number of benzene rings is 3. The van der Waals surface area contributed by atoms with Gasteiger partial charge in [-0.25, -0.2) is 4.39 Å². The van der Waals surface area contributed by atoms with Gasteiger partial charge in [0, 0.05) is 10.9 Å². The minimum atomic E-state index is -0.384. The Morgan fingerprint density at radius 2 is 1.74 bits per heavy atom. The summed E-state index contributed by atoms with van der Waals surface area (Å²) in [6.07, 6.45) is 0.524. The molecule has 0 amide bonds. The van der Waals surface area contributed by atoms with E-state index in [0.717, 1.165) is 16.5 Å². The number of methoxy groups -OCH3 is 1. The summed E-state index contributed by atoms with van der Waals surface area (Å²) in [6, 6.07) is 20.7. The predicted molar refractivity (Wildman–Crippen MR) is 118 cm³/mol. The molecular formula is C25H21FN2O3. The number of carbonyl (C=O) groups excluding carboxylic acids is 1. The van der Waals surface area contributed by atoms with Crippen LogP contribution in [-0.2, 0) is 16.0 Å². The van der Waals surface area contributed by atoms with Crippen molar-refractivity contribution in [2.24, 2.45) is 5.92 Å². The Bertz CT molecular complexity index is 1310. The van der Waals surface area contributed by atoms with Crippen LogP contribution in [0.15, 0.2) is 77.6 Å². The molecule has 0 aliphatic heterocycles. The number of hydrogen-bond acceptors (Lipinski definition) is 4. The number of ether oxygens (including phenoxy) is 1. The summed E-state index contributed by atoms with van der Waals surface area (Å²) in [5, 5.41) is 5.88. The number of rotatable bonds is 5. The monoisotopic (exact) mass is 416 g/mol. The van der Waals surface area contributed by atoms with E-state index < -0.39 is 0 Å². The molecule has 1 aromatic heterocycles. The van der Waals surface area contributed by atoms with Crippen molar-refractivity contribution in [2.45, 2.75) is 13.3 Å². The van der Waals surface area contributed by atoms with Gasteiger partial charge in [-0.1, -0.05) is 43.3 Å². The molecule has 4 rings (SSSR count). The first-order valence-electron chi connectivity index (χ1n) is 9.93. The van der Waals surface area contributed by atoms with E-state index in [2.05, 4.69) is 5.10 Å². The fourth-order valence-electron chi connectivity index (χ4n) is 3.64. The highest BCUT2D eigenvalue weighted by molar-refractivity contribution is 5.94. The molecule has 0 aliphatic carbocycles. The maximum atomic E-state index is 13.4. The van der Waals surface area contributed by atoms with E-state index in [4.69, 9.17) is 4.74 Å². The van der Waals surface area contributed by atoms with Crippen LogP contribution in [0.2, 0.25) is 0 Å². The maximum absolute atomic E-state index is 13.4. The van der Waals surface area contributed by atoms with Crippen LogP contribution >= 0.6 is 0 Å². The second-order valence-electron chi connectivity index (χ2n) is 7.42. The summed E-state index contributed by atoms with van der Waals surface area (Å²) in [5.74, 6) is -0.929. The van der Waals surface area contributed by atoms with E-state index in [9.17, 15) is 14.0 Å². The molecule has 3 aromatic carbocycles. The molecule has 0 N–H and O–H groups in total. The third kappa shape index (κ3) is 4.10. The van der Waals surface area contributed by atoms with Crippen LogP contribution in [0.4, 0.5) is 4.39 Å². The van der Waals surface area contributed by atoms with Gasteiger partial charge < -0.3 is 4.74 Å². The standard InChI is InChI=1S/C25H21FN2O3/c1-16(25(30)31-2)14-17-6-5-7-18(15-17)23-21-8-3-4-9-22(21)24(29)28(27-23)20-12-10-19(26)11-13-20/h3-13,15-16H,14H2,1-2H3. The van der Waals surface area contributed by atoms with Crippen LogP contribution < -0.4 is 5.56 Å². The summed E-state index contributed by atoms with van der Waals surface area (Å²) in [6.45, 7) is 1.82. The summed E-state index contributed by atoms with van der Waals surface area (Å²) < 4.78 is 19.5. The van der Waals surface area contributed by atoms with Crippen molar-refractivity contribution in [3.63, 3.8) is 0 Å². The van der Waals surface area contributed by atoms with Gasteiger partial charge in [0.05, 0.1) is 29.8 Å². The molecule has 0 bridgehead atoms. The molecule has 0 spiro atoms. The van der Waals surface area contributed by atoms with Gasteiger partial charge in [-0.3, -0.25) is 9.59 Å². The van der Waals surface area contributed by atoms with E-state index >= 15 is 0 Å². The largest absolute Gasteiger partial charge is 0.469 e. The van der Waals surface area contributed by atoms with Crippen molar-refractivity contribution in [1.82, 2.24) is 9.78 Å². The Morgan fingerprint density at radius 3 is 2.45 bits per heavy atom. The second kappa shape index (κ2) is 8.52. The van der Waals surface area contributed by atoms with E-state index in [0.29, 0.717) is 23.2 Å². The van der Waals surface area contributed by atoms with Crippen molar-refractivity contribution in [3.8, 4) is 16.9 Å². The fourth-order valence-corrected chi connectivity index (χ4v) is 3.64. The van der Waals surface area contributed by atoms with Crippen LogP contribution in [-0.4, -0.2) is 22.9 Å². The molecular weight excluding hydrogens is 395 g/mol. The number of halogens is 1. The van der Waals surface area contributed by atoms with Gasteiger partial charge in [0.25, 0.3) is 5.56 Å². The Balaban J connectivity index is 1.87. The van der Waals surface area contributed by atoms with Gasteiger partial charge in [-0.15, -0.1) is 0 Å². The smallest absolute Gasteiger partial charge is 0.308 e. The topological polar surface area (TPSA) is 61.2 Å². The first-order valence-corrected chi connectivity index (χ1v) is 9.93. The van der Waals surface area contributed by atoms with Crippen LogP contribution in [0.5, 0.6) is 0 Å². The molecule has 5 nitrogen and oxygen atoms in total. The SMILES string of the molecule is COC(=O)C(C)Cc1cccc(-c2nn(-c3ccc(F)cc3)c(=O)c3ccccc23)c1. The van der Waals surface area contributed by atoms with Crippen LogP contribution in [0.1, 0.15) is 12.5 Å². The summed E-state index contributed by atoms with van der Waals surface area (Å²) >= 11 is 0. The van der Waals surface area contributed by atoms with E-state index in [1.54, 1.807) is 12.1 Å². The molecule has 6 heteroatoms. The Morgan fingerprint density at radius 1 is 1.03 bits per heavy atom. The average molecular weight is 416 g/mol. The number of nitrogens with zero attached hydrogens (tertiary/aromatic N) is 2. The quantitative estimate of drug-likeness (QED) is 0.448. The van der Waals surface area contributed by atoms with Gasteiger partial charge in [-0.2, -0.15) is 9.78 Å². The highest BCUT2D eigenvalue weighted by Crippen LogP contribution is 2.27. The van der Waals surface area contributed by atoms with Crippen molar-refractivity contribution >= 4 is 16.7 Å². The lowest BCUT2D eigenvalue weighted by molar-refractivity contribution is -0.144. The minimum absolute atomic E-state index is 0.265. The molecule has 0 saturated carbocycles. The number of esters is 1. The molecule has 0 radical (unpaired) electrons. The highest BCUT2D eigenvalue weighted by Gasteiger charge is 2.16. The zero-order valence-corrected chi connectivity index (χ0v) is 17.2. The summed E-state index contributed by atoms with van der Waals surface area (Å²) in [5.41, 5.74) is 2.62. The molecule has 1 unspecified atom stereocenters. The Hall–Kier alpha value is -3.80. The molecule has 31 heavy (non-hydrogen) atoms. The van der Waals surface area contributed by atoms with Gasteiger partial charge in [0.15, 0.2) is 0 Å². The third-order valence-electron chi connectivity index (χ3n) is 5.22. The highest BCUT2D eigenvalue weighted by atomic mass is 19.1. The normalized spacial score (nSPS) is 12.0. The summed E-state index contributed by atoms with van der Waals surface area (Å²) in [7, 11) is 1.38. The lowest BCUT2D eigenvalue weighted by Crippen LogP contribution is -2.22. The second-order valence-corrected chi connectivity index (χ2v) is 7.42. The van der Waals surface area contributed by atoms with E-state index in [1.807, 2.05) is 43.3 Å². The molecule has 4 aromatic rings. The van der Waals surface area contributed by atoms with Crippen molar-refractivity contribution < 1.29 is 13.9 Å². The van der Waals surface area contributed by atoms with Gasteiger partial charge in [0.1, 0.15) is 5.82 Å². The number of hydrogen-bond donors (Lipinski definition) is 0. The third-order valence-corrected chi connectivity index (χ3v) is 5.22. The molecule has 1 atom stereocenters. The van der Waals surface area contributed by atoms with Crippen LogP contribution in [0.3, 0.4) is 0 Å².